The van der Waals surface area contributed by atoms with E-state index >= 15 is 0 Å². The van der Waals surface area contributed by atoms with E-state index in [1.54, 1.807) is 22.7 Å². The zero-order valence-electron chi connectivity index (χ0n) is 12.1. The lowest BCUT2D eigenvalue weighted by molar-refractivity contribution is 0.1000. The number of halogens is 2. The van der Waals surface area contributed by atoms with Crippen molar-refractivity contribution in [3.63, 3.8) is 0 Å². The number of rotatable bonds is 2. The molecule has 0 bridgehead atoms. The average molecular weight is 330 g/mol. The van der Waals surface area contributed by atoms with Crippen molar-refractivity contribution in [1.29, 1.82) is 0 Å². The van der Waals surface area contributed by atoms with Crippen molar-refractivity contribution in [2.24, 2.45) is 5.73 Å². The second-order valence-corrected chi connectivity index (χ2v) is 6.20. The lowest BCUT2D eigenvalue weighted by atomic mass is 9.98. The SMILES string of the molecule is NC(=O)c1ccc2nc([C@@H]3CCc4c(F)cc(Cl)cc43)cn2c1. The summed E-state index contributed by atoms with van der Waals surface area (Å²) in [5.41, 5.74) is 8.90. The Morgan fingerprint density at radius 2 is 2.17 bits per heavy atom. The fraction of sp³-hybridized carbons (Fsp3) is 0.176. The van der Waals surface area contributed by atoms with E-state index in [-0.39, 0.29) is 11.7 Å². The van der Waals surface area contributed by atoms with E-state index in [1.165, 1.54) is 6.07 Å². The molecule has 6 heteroatoms. The molecule has 0 saturated carbocycles. The van der Waals surface area contributed by atoms with Crippen LogP contribution in [0.1, 0.15) is 39.5 Å². The highest BCUT2D eigenvalue weighted by atomic mass is 35.5. The minimum absolute atomic E-state index is 0.00938. The minimum atomic E-state index is -0.484. The van der Waals surface area contributed by atoms with E-state index in [0.29, 0.717) is 22.6 Å². The molecule has 2 N–H and O–H groups in total. The van der Waals surface area contributed by atoms with Gasteiger partial charge in [0.2, 0.25) is 5.91 Å². The van der Waals surface area contributed by atoms with Crippen molar-refractivity contribution in [2.75, 3.05) is 0 Å². The number of pyridine rings is 1. The average Bonchev–Trinajstić information content (AvgIpc) is 3.09. The zero-order valence-corrected chi connectivity index (χ0v) is 12.8. The normalized spacial score (nSPS) is 16.7. The van der Waals surface area contributed by atoms with Crippen LogP contribution >= 0.6 is 11.6 Å². The summed E-state index contributed by atoms with van der Waals surface area (Å²) in [5.74, 6) is -0.730. The molecule has 1 aromatic carbocycles. The molecular formula is C17H13ClFN3O. The Morgan fingerprint density at radius 1 is 1.35 bits per heavy atom. The first-order valence-electron chi connectivity index (χ1n) is 7.29. The van der Waals surface area contributed by atoms with Gasteiger partial charge in [-0.3, -0.25) is 4.79 Å². The molecule has 1 aliphatic carbocycles. The van der Waals surface area contributed by atoms with Gasteiger partial charge in [-0.25, -0.2) is 9.37 Å². The molecule has 0 radical (unpaired) electrons. The number of hydrogen-bond donors (Lipinski definition) is 1. The van der Waals surface area contributed by atoms with Crippen molar-refractivity contribution in [1.82, 2.24) is 9.38 Å². The van der Waals surface area contributed by atoms with Gasteiger partial charge in [0, 0.05) is 23.3 Å². The Morgan fingerprint density at radius 3 is 2.96 bits per heavy atom. The largest absolute Gasteiger partial charge is 0.366 e. The number of hydrogen-bond acceptors (Lipinski definition) is 2. The first-order chi connectivity index (χ1) is 11.0. The maximum Gasteiger partial charge on any atom is 0.250 e. The van der Waals surface area contributed by atoms with E-state index in [2.05, 4.69) is 4.98 Å². The summed E-state index contributed by atoms with van der Waals surface area (Å²) in [6.07, 6.45) is 4.98. The summed E-state index contributed by atoms with van der Waals surface area (Å²) in [6, 6.07) is 6.56. The molecule has 2 aromatic heterocycles. The van der Waals surface area contributed by atoms with Crippen molar-refractivity contribution >= 4 is 23.2 Å². The van der Waals surface area contributed by atoms with Gasteiger partial charge in [0.05, 0.1) is 11.3 Å². The van der Waals surface area contributed by atoms with Gasteiger partial charge in [0.15, 0.2) is 0 Å². The van der Waals surface area contributed by atoms with Crippen LogP contribution in [0.2, 0.25) is 5.02 Å². The molecule has 0 spiro atoms. The van der Waals surface area contributed by atoms with E-state index in [1.807, 2.05) is 12.3 Å². The summed E-state index contributed by atoms with van der Waals surface area (Å²) < 4.78 is 15.8. The van der Waals surface area contributed by atoms with Gasteiger partial charge in [-0.15, -0.1) is 0 Å². The third-order valence-corrected chi connectivity index (χ3v) is 4.58. The smallest absolute Gasteiger partial charge is 0.250 e. The predicted molar refractivity (Wildman–Crippen MR) is 85.3 cm³/mol. The van der Waals surface area contributed by atoms with Crippen LogP contribution in [-0.2, 0) is 6.42 Å². The molecule has 0 fully saturated rings. The van der Waals surface area contributed by atoms with E-state index in [9.17, 15) is 9.18 Å². The van der Waals surface area contributed by atoms with Crippen LogP contribution < -0.4 is 5.73 Å². The molecule has 1 aliphatic rings. The second kappa shape index (κ2) is 5.06. The van der Waals surface area contributed by atoms with Crippen LogP contribution in [0.25, 0.3) is 5.65 Å². The topological polar surface area (TPSA) is 60.4 Å². The first-order valence-corrected chi connectivity index (χ1v) is 7.67. The van der Waals surface area contributed by atoms with Crippen molar-refractivity contribution < 1.29 is 9.18 Å². The Kier molecular flexibility index (Phi) is 3.13. The van der Waals surface area contributed by atoms with E-state index in [0.717, 1.165) is 23.3 Å². The van der Waals surface area contributed by atoms with Gasteiger partial charge >= 0.3 is 0 Å². The lowest BCUT2D eigenvalue weighted by Gasteiger charge is -2.09. The minimum Gasteiger partial charge on any atom is -0.366 e. The highest BCUT2D eigenvalue weighted by molar-refractivity contribution is 6.30. The fourth-order valence-electron chi connectivity index (χ4n) is 3.27. The molecule has 1 atom stereocenters. The van der Waals surface area contributed by atoms with Gasteiger partial charge in [-0.1, -0.05) is 11.6 Å². The molecule has 116 valence electrons. The monoisotopic (exact) mass is 329 g/mol. The van der Waals surface area contributed by atoms with Crippen LogP contribution in [0.15, 0.2) is 36.7 Å². The van der Waals surface area contributed by atoms with E-state index < -0.39 is 5.91 Å². The molecule has 0 aliphatic heterocycles. The molecule has 4 rings (SSSR count). The number of primary amides is 1. The van der Waals surface area contributed by atoms with Gasteiger partial charge in [-0.05, 0) is 48.2 Å². The summed E-state index contributed by atoms with van der Waals surface area (Å²) in [6.45, 7) is 0. The number of carbonyl (C=O) groups is 1. The van der Waals surface area contributed by atoms with Crippen LogP contribution in [0.4, 0.5) is 4.39 Å². The molecule has 1 amide bonds. The standard InChI is InChI=1S/C17H13ClFN3O/c18-10-5-13-11(14(19)6-10)2-3-12(13)15-8-22-7-9(17(20)23)1-4-16(22)21-15/h1,4-8,12H,2-3H2,(H2,20,23)/t12-/m1/s1. The Bertz CT molecular complexity index is 950. The zero-order chi connectivity index (χ0) is 16.1. The molecule has 3 aromatic rings. The van der Waals surface area contributed by atoms with Gasteiger partial charge < -0.3 is 10.1 Å². The number of nitrogens with zero attached hydrogens (tertiary/aromatic N) is 2. The maximum atomic E-state index is 14.0. The number of benzene rings is 1. The van der Waals surface area contributed by atoms with Crippen LogP contribution in [-0.4, -0.2) is 15.3 Å². The number of aromatic nitrogens is 2. The van der Waals surface area contributed by atoms with Crippen LogP contribution in [0.3, 0.4) is 0 Å². The molecule has 4 nitrogen and oxygen atoms in total. The predicted octanol–water partition coefficient (Wildman–Crippen LogP) is 3.30. The number of nitrogens with two attached hydrogens (primary N) is 1. The van der Waals surface area contributed by atoms with Crippen molar-refractivity contribution in [3.05, 3.63) is 69.9 Å². The molecule has 0 unspecified atom stereocenters. The summed E-state index contributed by atoms with van der Waals surface area (Å²) in [4.78, 5) is 15.9. The molecule has 23 heavy (non-hydrogen) atoms. The number of carbonyl (C=O) groups excluding carboxylic acids is 1. The van der Waals surface area contributed by atoms with Crippen LogP contribution in [0.5, 0.6) is 0 Å². The van der Waals surface area contributed by atoms with Gasteiger partial charge in [-0.2, -0.15) is 0 Å². The Labute approximate surface area is 136 Å². The second-order valence-electron chi connectivity index (χ2n) is 5.76. The first kappa shape index (κ1) is 14.2. The highest BCUT2D eigenvalue weighted by Gasteiger charge is 2.28. The summed E-state index contributed by atoms with van der Waals surface area (Å²) >= 11 is 6.00. The third kappa shape index (κ3) is 2.28. The van der Waals surface area contributed by atoms with Crippen molar-refractivity contribution in [2.45, 2.75) is 18.8 Å². The summed E-state index contributed by atoms with van der Waals surface area (Å²) in [7, 11) is 0. The van der Waals surface area contributed by atoms with Gasteiger partial charge in [0.1, 0.15) is 11.5 Å². The lowest BCUT2D eigenvalue weighted by Crippen LogP contribution is -2.11. The molecule has 2 heterocycles. The third-order valence-electron chi connectivity index (χ3n) is 4.36. The van der Waals surface area contributed by atoms with Crippen molar-refractivity contribution in [3.8, 4) is 0 Å². The Hall–Kier alpha value is -2.40. The maximum absolute atomic E-state index is 14.0. The number of imidazole rings is 1. The number of fused-ring (bicyclic) bond motifs is 2. The van der Waals surface area contributed by atoms with E-state index in [4.69, 9.17) is 17.3 Å². The quantitative estimate of drug-likeness (QED) is 0.784. The number of amides is 1. The fourth-order valence-corrected chi connectivity index (χ4v) is 3.49. The van der Waals surface area contributed by atoms with Crippen LogP contribution in [0, 0.1) is 5.82 Å². The molecular weight excluding hydrogens is 317 g/mol. The highest BCUT2D eigenvalue weighted by Crippen LogP contribution is 2.40. The summed E-state index contributed by atoms with van der Waals surface area (Å²) in [5, 5.41) is 0.396. The van der Waals surface area contributed by atoms with Gasteiger partial charge in [0.25, 0.3) is 0 Å². The Balaban J connectivity index is 1.81. The molecule has 0 saturated heterocycles.